The third-order valence-electron chi connectivity index (χ3n) is 1.96. The van der Waals surface area contributed by atoms with Crippen molar-refractivity contribution in [3.8, 4) is 0 Å². The van der Waals surface area contributed by atoms with Crippen molar-refractivity contribution < 1.29 is 14.3 Å². The number of allylic oxidation sites excluding steroid dienone is 3. The molecule has 0 aromatic carbocycles. The second-order valence-corrected chi connectivity index (χ2v) is 3.18. The van der Waals surface area contributed by atoms with E-state index in [0.29, 0.717) is 12.8 Å². The number of ether oxygens (including phenoxy) is 1. The van der Waals surface area contributed by atoms with E-state index in [2.05, 4.69) is 0 Å². The molecule has 0 saturated heterocycles. The van der Waals surface area contributed by atoms with Crippen LogP contribution in [0.25, 0.3) is 0 Å². The zero-order valence-electron chi connectivity index (χ0n) is 8.68. The molecule has 0 fully saturated rings. The quantitative estimate of drug-likeness (QED) is 0.401. The summed E-state index contributed by atoms with van der Waals surface area (Å²) in [5, 5.41) is 0. The van der Waals surface area contributed by atoms with E-state index < -0.39 is 0 Å². The Morgan fingerprint density at radius 1 is 1.60 bits per heavy atom. The van der Waals surface area contributed by atoms with Gasteiger partial charge in [0.2, 0.25) is 0 Å². The van der Waals surface area contributed by atoms with Crippen LogP contribution in [0.4, 0.5) is 0 Å². The lowest BCUT2D eigenvalue weighted by atomic mass is 10.2. The fourth-order valence-electron chi connectivity index (χ4n) is 1.12. The first kappa shape index (κ1) is 11.4. The molecule has 0 radical (unpaired) electrons. The summed E-state index contributed by atoms with van der Waals surface area (Å²) in [5.74, 6) is -0.232. The Labute approximate surface area is 89.1 Å². The predicted octanol–water partition coefficient (Wildman–Crippen LogP) is 1.95. The van der Waals surface area contributed by atoms with Gasteiger partial charge in [-0.05, 0) is 12.2 Å². The average Bonchev–Trinajstić information content (AvgIpc) is 2.24. The predicted molar refractivity (Wildman–Crippen MR) is 57.2 cm³/mol. The molecule has 1 aliphatic heterocycles. The topological polar surface area (TPSA) is 43.4 Å². The second kappa shape index (κ2) is 5.96. The highest BCUT2D eigenvalue weighted by molar-refractivity contribution is 5.89. The molecule has 0 saturated carbocycles. The fraction of sp³-hybridized carbons (Fsp3) is 0.333. The van der Waals surface area contributed by atoms with Gasteiger partial charge in [-0.25, -0.2) is 4.79 Å². The third kappa shape index (κ3) is 4.40. The molecule has 0 unspecified atom stereocenters. The summed E-state index contributed by atoms with van der Waals surface area (Å²) < 4.78 is 4.99. The van der Waals surface area contributed by atoms with E-state index in [1.54, 1.807) is 24.3 Å². The highest BCUT2D eigenvalue weighted by atomic mass is 16.5. The van der Waals surface area contributed by atoms with Gasteiger partial charge in [-0.2, -0.15) is 0 Å². The minimum atomic E-state index is -0.315. The smallest absolute Gasteiger partial charge is 0.331 e. The molecular formula is C12H14O3. The SMILES string of the molecule is CCC(=O)C=CC=C[C@@H]1CC=CC(=O)O1. The number of carbonyl (C=O) groups excluding carboxylic acids is 2. The third-order valence-corrected chi connectivity index (χ3v) is 1.96. The summed E-state index contributed by atoms with van der Waals surface area (Å²) in [6.45, 7) is 1.81. The summed E-state index contributed by atoms with van der Waals surface area (Å²) >= 11 is 0. The molecule has 1 heterocycles. The summed E-state index contributed by atoms with van der Waals surface area (Å²) in [4.78, 5) is 21.7. The minimum Gasteiger partial charge on any atom is -0.455 e. The lowest BCUT2D eigenvalue weighted by Gasteiger charge is -2.13. The van der Waals surface area contributed by atoms with E-state index in [1.165, 1.54) is 12.2 Å². The van der Waals surface area contributed by atoms with Gasteiger partial charge in [0.15, 0.2) is 5.78 Å². The lowest BCUT2D eigenvalue weighted by Crippen LogP contribution is -2.17. The van der Waals surface area contributed by atoms with Crippen LogP contribution in [0.1, 0.15) is 19.8 Å². The molecule has 3 heteroatoms. The van der Waals surface area contributed by atoms with Gasteiger partial charge in [0.25, 0.3) is 0 Å². The van der Waals surface area contributed by atoms with E-state index in [9.17, 15) is 9.59 Å². The number of hydrogen-bond acceptors (Lipinski definition) is 3. The molecule has 0 spiro atoms. The van der Waals surface area contributed by atoms with Crippen LogP contribution < -0.4 is 0 Å². The highest BCUT2D eigenvalue weighted by Gasteiger charge is 2.11. The van der Waals surface area contributed by atoms with Crippen LogP contribution in [0, 0.1) is 0 Å². The Morgan fingerprint density at radius 3 is 3.07 bits per heavy atom. The molecular weight excluding hydrogens is 192 g/mol. The summed E-state index contributed by atoms with van der Waals surface area (Å²) in [5.41, 5.74) is 0. The Balaban J connectivity index is 2.38. The first-order chi connectivity index (χ1) is 7.22. The monoisotopic (exact) mass is 206 g/mol. The Bertz CT molecular complexity index is 324. The van der Waals surface area contributed by atoms with Crippen molar-refractivity contribution in [2.75, 3.05) is 0 Å². The molecule has 1 aliphatic rings. The van der Waals surface area contributed by atoms with Crippen LogP contribution in [0.2, 0.25) is 0 Å². The number of ketones is 1. The van der Waals surface area contributed by atoms with Gasteiger partial charge in [-0.3, -0.25) is 4.79 Å². The van der Waals surface area contributed by atoms with E-state index in [-0.39, 0.29) is 17.9 Å². The van der Waals surface area contributed by atoms with Crippen molar-refractivity contribution in [1.29, 1.82) is 0 Å². The molecule has 0 amide bonds. The Kier molecular flexibility index (Phi) is 4.54. The Hall–Kier alpha value is -1.64. The number of esters is 1. The average molecular weight is 206 g/mol. The zero-order valence-corrected chi connectivity index (χ0v) is 8.68. The molecule has 0 N–H and O–H groups in total. The van der Waals surface area contributed by atoms with Crippen molar-refractivity contribution in [3.05, 3.63) is 36.5 Å². The molecule has 1 atom stereocenters. The normalized spacial score (nSPS) is 21.1. The second-order valence-electron chi connectivity index (χ2n) is 3.18. The van der Waals surface area contributed by atoms with Crippen LogP contribution in [-0.4, -0.2) is 17.9 Å². The van der Waals surface area contributed by atoms with Gasteiger partial charge in [0.05, 0.1) is 0 Å². The van der Waals surface area contributed by atoms with Crippen molar-refractivity contribution in [3.63, 3.8) is 0 Å². The van der Waals surface area contributed by atoms with Crippen LogP contribution in [0.3, 0.4) is 0 Å². The maximum Gasteiger partial charge on any atom is 0.331 e. The van der Waals surface area contributed by atoms with Gasteiger partial charge < -0.3 is 4.74 Å². The summed E-state index contributed by atoms with van der Waals surface area (Å²) in [6.07, 6.45) is 10.9. The molecule has 15 heavy (non-hydrogen) atoms. The maximum atomic E-state index is 10.9. The van der Waals surface area contributed by atoms with Crippen molar-refractivity contribution in [2.45, 2.75) is 25.9 Å². The molecule has 0 aliphatic carbocycles. The van der Waals surface area contributed by atoms with Gasteiger partial charge >= 0.3 is 5.97 Å². The van der Waals surface area contributed by atoms with Crippen LogP contribution >= 0.6 is 0 Å². The van der Waals surface area contributed by atoms with Crippen LogP contribution in [-0.2, 0) is 14.3 Å². The van der Waals surface area contributed by atoms with E-state index >= 15 is 0 Å². The Morgan fingerprint density at radius 2 is 2.40 bits per heavy atom. The standard InChI is InChI=1S/C12H14O3/c1-2-10(13)6-3-4-7-11-8-5-9-12(14)15-11/h3-7,9,11H,2,8H2,1H3/t11-/m1/s1. The number of rotatable bonds is 4. The van der Waals surface area contributed by atoms with E-state index in [4.69, 9.17) is 4.74 Å². The minimum absolute atomic E-state index is 0.0835. The largest absolute Gasteiger partial charge is 0.455 e. The molecule has 0 bridgehead atoms. The van der Waals surface area contributed by atoms with Crippen molar-refractivity contribution in [2.24, 2.45) is 0 Å². The number of carbonyl (C=O) groups is 2. The van der Waals surface area contributed by atoms with Crippen molar-refractivity contribution >= 4 is 11.8 Å². The number of hydrogen-bond donors (Lipinski definition) is 0. The first-order valence-corrected chi connectivity index (χ1v) is 4.97. The van der Waals surface area contributed by atoms with Gasteiger partial charge in [0.1, 0.15) is 6.10 Å². The molecule has 1 rings (SSSR count). The van der Waals surface area contributed by atoms with Gasteiger partial charge in [0, 0.05) is 18.9 Å². The molecule has 3 nitrogen and oxygen atoms in total. The van der Waals surface area contributed by atoms with Crippen LogP contribution in [0.5, 0.6) is 0 Å². The summed E-state index contributed by atoms with van der Waals surface area (Å²) in [7, 11) is 0. The zero-order chi connectivity index (χ0) is 11.1. The molecule has 0 aromatic heterocycles. The maximum absolute atomic E-state index is 10.9. The molecule has 80 valence electrons. The highest BCUT2D eigenvalue weighted by Crippen LogP contribution is 2.08. The fourth-order valence-corrected chi connectivity index (χ4v) is 1.12. The van der Waals surface area contributed by atoms with Gasteiger partial charge in [-0.1, -0.05) is 25.2 Å². The van der Waals surface area contributed by atoms with Crippen molar-refractivity contribution in [1.82, 2.24) is 0 Å². The van der Waals surface area contributed by atoms with Crippen LogP contribution in [0.15, 0.2) is 36.5 Å². The molecule has 0 aromatic rings. The first-order valence-electron chi connectivity index (χ1n) is 4.97. The summed E-state index contributed by atoms with van der Waals surface area (Å²) in [6, 6.07) is 0. The van der Waals surface area contributed by atoms with E-state index in [1.807, 2.05) is 6.92 Å². The lowest BCUT2D eigenvalue weighted by molar-refractivity contribution is -0.141. The number of cyclic esters (lactones) is 1. The van der Waals surface area contributed by atoms with Gasteiger partial charge in [-0.15, -0.1) is 0 Å². The van der Waals surface area contributed by atoms with E-state index in [0.717, 1.165) is 0 Å².